The minimum atomic E-state index is -0.393. The van der Waals surface area contributed by atoms with E-state index in [1.807, 2.05) is 37.3 Å². The lowest BCUT2D eigenvalue weighted by molar-refractivity contribution is -0.133. The maximum Gasteiger partial charge on any atom is 0.337 e. The average molecular weight is 491 g/mol. The van der Waals surface area contributed by atoms with Crippen LogP contribution in [-0.4, -0.2) is 56.8 Å². The first-order valence-electron chi connectivity index (χ1n) is 10.0. The second-order valence-electron chi connectivity index (χ2n) is 7.40. The molecule has 3 rings (SSSR count). The van der Waals surface area contributed by atoms with Crippen molar-refractivity contribution in [2.75, 3.05) is 34.0 Å². The van der Waals surface area contributed by atoms with Gasteiger partial charge in [-0.2, -0.15) is 0 Å². The van der Waals surface area contributed by atoms with E-state index in [1.165, 1.54) is 7.11 Å². The van der Waals surface area contributed by atoms with Crippen LogP contribution in [0.4, 0.5) is 0 Å². The monoisotopic (exact) mass is 490 g/mol. The number of carbonyl (C=O) groups is 2. The van der Waals surface area contributed by atoms with Crippen molar-refractivity contribution in [1.82, 2.24) is 10.2 Å². The van der Waals surface area contributed by atoms with Crippen LogP contribution in [0, 0.1) is 0 Å². The third-order valence-electron chi connectivity index (χ3n) is 5.28. The van der Waals surface area contributed by atoms with E-state index < -0.39 is 6.04 Å². The predicted molar refractivity (Wildman–Crippen MR) is 120 cm³/mol. The molecular weight excluding hydrogens is 464 g/mol. The molecule has 166 valence electrons. The molecule has 2 aromatic carbocycles. The third-order valence-corrected chi connectivity index (χ3v) is 5.74. The van der Waals surface area contributed by atoms with Crippen molar-refractivity contribution in [2.24, 2.45) is 0 Å². The first-order chi connectivity index (χ1) is 14.9. The molecular formula is C23H27BrN2O5. The number of nitrogens with one attached hydrogen (secondary N) is 1. The van der Waals surface area contributed by atoms with Gasteiger partial charge in [-0.25, -0.2) is 4.79 Å². The summed E-state index contributed by atoms with van der Waals surface area (Å²) in [6.45, 7) is 4.11. The van der Waals surface area contributed by atoms with Crippen LogP contribution in [0.3, 0.4) is 0 Å². The van der Waals surface area contributed by atoms with E-state index in [9.17, 15) is 9.59 Å². The molecule has 0 saturated carbocycles. The lowest BCUT2D eigenvalue weighted by Crippen LogP contribution is -2.53. The van der Waals surface area contributed by atoms with Crippen LogP contribution in [0.25, 0.3) is 0 Å². The van der Waals surface area contributed by atoms with Gasteiger partial charge < -0.3 is 19.5 Å². The van der Waals surface area contributed by atoms with Crippen LogP contribution < -0.4 is 10.1 Å². The molecule has 0 aromatic heterocycles. The fraction of sp³-hybridized carbons (Fsp3) is 0.391. The summed E-state index contributed by atoms with van der Waals surface area (Å²) >= 11 is 3.51. The second-order valence-corrected chi connectivity index (χ2v) is 8.32. The molecule has 7 nitrogen and oxygen atoms in total. The molecule has 0 radical (unpaired) electrons. The molecule has 1 unspecified atom stereocenters. The summed E-state index contributed by atoms with van der Waals surface area (Å²) in [5.41, 5.74) is 2.43. The number of benzene rings is 2. The van der Waals surface area contributed by atoms with Crippen LogP contribution in [0.1, 0.15) is 34.5 Å². The third kappa shape index (κ3) is 6.06. The summed E-state index contributed by atoms with van der Waals surface area (Å²) in [7, 11) is 2.98. The standard InChI is InChI=1S/C23H27BrN2O5/c1-15(17-4-6-18(7-5-17)23(28)30-3)25-22(27)21-14-31-9-8-26(21)13-16-10-19(24)12-20(11-16)29-2/h4-7,10-12,15,21H,8-9,13-14H2,1-3H3,(H,25,27)/t15?,21-/m1/s1. The summed E-state index contributed by atoms with van der Waals surface area (Å²) in [6.07, 6.45) is 0. The number of carbonyl (C=O) groups excluding carboxylic acids is 2. The van der Waals surface area contributed by atoms with Gasteiger partial charge in [0.25, 0.3) is 0 Å². The molecule has 1 amide bonds. The van der Waals surface area contributed by atoms with Gasteiger partial charge in [0.1, 0.15) is 11.8 Å². The molecule has 1 saturated heterocycles. The number of amides is 1. The highest BCUT2D eigenvalue weighted by Crippen LogP contribution is 2.24. The van der Waals surface area contributed by atoms with E-state index in [0.29, 0.717) is 31.9 Å². The fourth-order valence-electron chi connectivity index (χ4n) is 3.55. The SMILES string of the molecule is COC(=O)c1ccc(C(C)NC(=O)[C@H]2COCCN2Cc2cc(Br)cc(OC)c2)cc1. The molecule has 1 aliphatic rings. The lowest BCUT2D eigenvalue weighted by atomic mass is 10.1. The highest BCUT2D eigenvalue weighted by molar-refractivity contribution is 9.10. The van der Waals surface area contributed by atoms with Gasteiger partial charge in [-0.1, -0.05) is 28.1 Å². The van der Waals surface area contributed by atoms with Crippen LogP contribution in [0.5, 0.6) is 5.75 Å². The summed E-state index contributed by atoms with van der Waals surface area (Å²) in [5, 5.41) is 3.07. The van der Waals surface area contributed by atoms with Gasteiger partial charge >= 0.3 is 5.97 Å². The van der Waals surface area contributed by atoms with Crippen molar-refractivity contribution in [3.8, 4) is 5.75 Å². The molecule has 1 heterocycles. The van der Waals surface area contributed by atoms with Gasteiger partial charge in [-0.15, -0.1) is 0 Å². The molecule has 2 atom stereocenters. The minimum Gasteiger partial charge on any atom is -0.497 e. The highest BCUT2D eigenvalue weighted by atomic mass is 79.9. The lowest BCUT2D eigenvalue weighted by Gasteiger charge is -2.35. The van der Waals surface area contributed by atoms with Crippen LogP contribution >= 0.6 is 15.9 Å². The Bertz CT molecular complexity index is 919. The molecule has 1 aliphatic heterocycles. The number of methoxy groups -OCH3 is 2. The largest absolute Gasteiger partial charge is 0.497 e. The van der Waals surface area contributed by atoms with Crippen molar-refractivity contribution >= 4 is 27.8 Å². The van der Waals surface area contributed by atoms with Crippen molar-refractivity contribution in [3.63, 3.8) is 0 Å². The van der Waals surface area contributed by atoms with E-state index in [-0.39, 0.29) is 17.9 Å². The number of morpholine rings is 1. The number of esters is 1. The van der Waals surface area contributed by atoms with Crippen molar-refractivity contribution in [1.29, 1.82) is 0 Å². The summed E-state index contributed by atoms with van der Waals surface area (Å²) in [5.74, 6) is 0.288. The Morgan fingerprint density at radius 2 is 1.97 bits per heavy atom. The normalized spacial score (nSPS) is 17.6. The topological polar surface area (TPSA) is 77.1 Å². The van der Waals surface area contributed by atoms with Crippen molar-refractivity contribution in [3.05, 3.63) is 63.6 Å². The van der Waals surface area contributed by atoms with Crippen molar-refractivity contribution < 1.29 is 23.8 Å². The predicted octanol–water partition coefficient (Wildman–Crippen LogP) is 3.32. The van der Waals surface area contributed by atoms with Gasteiger partial charge in [-0.3, -0.25) is 9.69 Å². The molecule has 0 spiro atoms. The van der Waals surface area contributed by atoms with Gasteiger partial charge in [0.2, 0.25) is 5.91 Å². The van der Waals surface area contributed by atoms with Gasteiger partial charge in [0, 0.05) is 17.6 Å². The van der Waals surface area contributed by atoms with E-state index >= 15 is 0 Å². The average Bonchev–Trinajstić information content (AvgIpc) is 2.78. The van der Waals surface area contributed by atoms with E-state index in [0.717, 1.165) is 21.3 Å². The Kier molecular flexibility index (Phi) is 8.06. The zero-order valence-corrected chi connectivity index (χ0v) is 19.5. The fourth-order valence-corrected chi connectivity index (χ4v) is 4.07. The zero-order valence-electron chi connectivity index (χ0n) is 17.9. The number of rotatable bonds is 7. The first kappa shape index (κ1) is 23.2. The molecule has 8 heteroatoms. The number of halogens is 1. The smallest absolute Gasteiger partial charge is 0.337 e. The Morgan fingerprint density at radius 1 is 1.23 bits per heavy atom. The number of hydrogen-bond donors (Lipinski definition) is 1. The molecule has 1 N–H and O–H groups in total. The molecule has 1 fully saturated rings. The van der Waals surface area contributed by atoms with E-state index in [4.69, 9.17) is 14.2 Å². The van der Waals surface area contributed by atoms with Crippen LogP contribution in [0.15, 0.2) is 46.9 Å². The highest BCUT2D eigenvalue weighted by Gasteiger charge is 2.30. The van der Waals surface area contributed by atoms with Crippen molar-refractivity contribution in [2.45, 2.75) is 25.6 Å². The minimum absolute atomic E-state index is 0.0915. The second kappa shape index (κ2) is 10.7. The van der Waals surface area contributed by atoms with E-state index in [1.54, 1.807) is 19.2 Å². The summed E-state index contributed by atoms with van der Waals surface area (Å²) in [6, 6.07) is 12.3. The van der Waals surface area contributed by atoms with Crippen LogP contribution in [-0.2, 0) is 20.8 Å². The summed E-state index contributed by atoms with van der Waals surface area (Å²) in [4.78, 5) is 26.8. The van der Waals surface area contributed by atoms with Gasteiger partial charge in [0.15, 0.2) is 0 Å². The molecule has 2 aromatic rings. The number of ether oxygens (including phenoxy) is 3. The number of hydrogen-bond acceptors (Lipinski definition) is 6. The number of nitrogens with zero attached hydrogens (tertiary/aromatic N) is 1. The quantitative estimate of drug-likeness (QED) is 0.599. The summed E-state index contributed by atoms with van der Waals surface area (Å²) < 4.78 is 16.6. The Labute approximate surface area is 190 Å². The Morgan fingerprint density at radius 3 is 2.65 bits per heavy atom. The zero-order chi connectivity index (χ0) is 22.4. The molecule has 31 heavy (non-hydrogen) atoms. The van der Waals surface area contributed by atoms with Gasteiger partial charge in [0.05, 0.1) is 39.0 Å². The Hall–Kier alpha value is -2.42. The van der Waals surface area contributed by atoms with E-state index in [2.05, 4.69) is 26.1 Å². The maximum absolute atomic E-state index is 13.1. The maximum atomic E-state index is 13.1. The molecule has 0 aliphatic carbocycles. The van der Waals surface area contributed by atoms with Crippen LogP contribution in [0.2, 0.25) is 0 Å². The molecule has 0 bridgehead atoms. The first-order valence-corrected chi connectivity index (χ1v) is 10.8. The van der Waals surface area contributed by atoms with Gasteiger partial charge in [-0.05, 0) is 48.4 Å². The Balaban J connectivity index is 1.67.